The lowest BCUT2D eigenvalue weighted by molar-refractivity contribution is -0.121. The highest BCUT2D eigenvalue weighted by Crippen LogP contribution is 2.28. The van der Waals surface area contributed by atoms with Gasteiger partial charge in [0.05, 0.1) is 16.7 Å². The van der Waals surface area contributed by atoms with E-state index in [0.29, 0.717) is 32.8 Å². The van der Waals surface area contributed by atoms with E-state index in [2.05, 4.69) is 15.8 Å². The average Bonchev–Trinajstić information content (AvgIpc) is 2.89. The van der Waals surface area contributed by atoms with Crippen molar-refractivity contribution < 1.29 is 14.0 Å². The Morgan fingerprint density at radius 3 is 2.70 bits per heavy atom. The lowest BCUT2D eigenvalue weighted by atomic mass is 10.1. The quantitative estimate of drug-likeness (QED) is 0.628. The van der Waals surface area contributed by atoms with Gasteiger partial charge in [0, 0.05) is 13.0 Å². The maximum atomic E-state index is 13.0. The van der Waals surface area contributed by atoms with Crippen LogP contribution in [0.4, 0.5) is 4.39 Å². The molecule has 0 radical (unpaired) electrons. The Morgan fingerprint density at radius 2 is 1.93 bits per heavy atom. The highest BCUT2D eigenvalue weighted by molar-refractivity contribution is 7.20. The Bertz CT molecular complexity index is 1180. The third-order valence-electron chi connectivity index (χ3n) is 5.21. The van der Waals surface area contributed by atoms with Crippen LogP contribution in [0, 0.1) is 12.7 Å². The van der Waals surface area contributed by atoms with Crippen molar-refractivity contribution in [2.24, 2.45) is 0 Å². The topological polar surface area (TPSA) is 93.1 Å². The summed E-state index contributed by atoms with van der Waals surface area (Å²) >= 11 is 1.15. The molecule has 0 bridgehead atoms. The van der Waals surface area contributed by atoms with Crippen molar-refractivity contribution in [2.75, 3.05) is 0 Å². The molecule has 9 heteroatoms. The van der Waals surface area contributed by atoms with E-state index in [1.807, 2.05) is 0 Å². The van der Waals surface area contributed by atoms with Gasteiger partial charge in [0.25, 0.3) is 11.5 Å². The van der Waals surface area contributed by atoms with Crippen molar-refractivity contribution in [3.8, 4) is 0 Å². The van der Waals surface area contributed by atoms with Crippen molar-refractivity contribution in [1.82, 2.24) is 20.4 Å². The van der Waals surface area contributed by atoms with E-state index in [9.17, 15) is 18.8 Å². The van der Waals surface area contributed by atoms with Gasteiger partial charge in [-0.2, -0.15) is 0 Å². The van der Waals surface area contributed by atoms with Crippen molar-refractivity contribution in [2.45, 2.75) is 45.6 Å². The molecule has 7 nitrogen and oxygen atoms in total. The fourth-order valence-electron chi connectivity index (χ4n) is 3.64. The Kier molecular flexibility index (Phi) is 5.63. The number of thiophene rings is 1. The minimum Gasteiger partial charge on any atom is -0.296 e. The first-order chi connectivity index (χ1) is 14.4. The van der Waals surface area contributed by atoms with E-state index in [-0.39, 0.29) is 17.8 Å². The average molecular weight is 428 g/mol. The molecule has 4 rings (SSSR count). The smallest absolute Gasteiger partial charge is 0.280 e. The fraction of sp³-hybridized carbons (Fsp3) is 0.333. The number of aromatic nitrogens is 2. The second-order valence-corrected chi connectivity index (χ2v) is 8.34. The summed E-state index contributed by atoms with van der Waals surface area (Å²) in [6, 6.07) is 5.57. The van der Waals surface area contributed by atoms with Gasteiger partial charge < -0.3 is 0 Å². The van der Waals surface area contributed by atoms with Crippen LogP contribution in [0.2, 0.25) is 0 Å². The van der Waals surface area contributed by atoms with Gasteiger partial charge in [-0.3, -0.25) is 29.8 Å². The molecule has 0 fully saturated rings. The van der Waals surface area contributed by atoms with Gasteiger partial charge in [-0.25, -0.2) is 9.37 Å². The summed E-state index contributed by atoms with van der Waals surface area (Å²) in [5.41, 5.74) is 5.84. The second kappa shape index (κ2) is 8.35. The van der Waals surface area contributed by atoms with Gasteiger partial charge in [-0.05, 0) is 43.0 Å². The molecule has 30 heavy (non-hydrogen) atoms. The minimum atomic E-state index is -0.498. The van der Waals surface area contributed by atoms with Gasteiger partial charge in [-0.15, -0.1) is 11.3 Å². The third-order valence-corrected chi connectivity index (χ3v) is 6.40. The first-order valence-corrected chi connectivity index (χ1v) is 10.6. The van der Waals surface area contributed by atoms with E-state index in [4.69, 9.17) is 0 Å². The molecular formula is C21H21FN4O3S. The zero-order valence-electron chi connectivity index (χ0n) is 16.5. The highest BCUT2D eigenvalue weighted by Gasteiger charge is 2.22. The normalized spacial score (nSPS) is 13.5. The van der Waals surface area contributed by atoms with Gasteiger partial charge in [0.2, 0.25) is 5.91 Å². The number of hydrazine groups is 1. The summed E-state index contributed by atoms with van der Waals surface area (Å²) < 4.78 is 14.7. The maximum absolute atomic E-state index is 13.0. The molecule has 156 valence electrons. The first-order valence-electron chi connectivity index (χ1n) is 9.80. The highest BCUT2D eigenvalue weighted by atomic mass is 32.1. The lowest BCUT2D eigenvalue weighted by Gasteiger charge is -2.08. The predicted octanol–water partition coefficient (Wildman–Crippen LogP) is 2.64. The van der Waals surface area contributed by atoms with Crippen LogP contribution in [-0.4, -0.2) is 21.4 Å². The van der Waals surface area contributed by atoms with Crippen LogP contribution in [0.25, 0.3) is 10.2 Å². The SMILES string of the molecule is Cc1c(C(=O)NNC(=O)Cc2ccc(F)cc2)sc2nc3n(c(=O)c12)CCCCC3. The first kappa shape index (κ1) is 20.2. The van der Waals surface area contributed by atoms with Gasteiger partial charge >= 0.3 is 0 Å². The zero-order valence-corrected chi connectivity index (χ0v) is 17.3. The molecule has 1 aromatic carbocycles. The van der Waals surface area contributed by atoms with Crippen LogP contribution < -0.4 is 16.4 Å². The van der Waals surface area contributed by atoms with E-state index in [1.54, 1.807) is 11.5 Å². The van der Waals surface area contributed by atoms with E-state index in [0.717, 1.165) is 42.8 Å². The summed E-state index contributed by atoms with van der Waals surface area (Å²) in [7, 11) is 0. The number of carbonyl (C=O) groups is 2. The van der Waals surface area contributed by atoms with Crippen molar-refractivity contribution >= 4 is 33.4 Å². The Morgan fingerprint density at radius 1 is 1.17 bits per heavy atom. The van der Waals surface area contributed by atoms with Crippen LogP contribution in [0.1, 0.15) is 45.9 Å². The molecular weight excluding hydrogens is 407 g/mol. The van der Waals surface area contributed by atoms with E-state index >= 15 is 0 Å². The van der Waals surface area contributed by atoms with Crippen LogP contribution >= 0.6 is 11.3 Å². The number of rotatable bonds is 3. The lowest BCUT2D eigenvalue weighted by Crippen LogP contribution is -2.42. The molecule has 1 aliphatic rings. The number of fused-ring (bicyclic) bond motifs is 2. The number of halogens is 1. The number of hydrogen-bond donors (Lipinski definition) is 2. The molecule has 2 aromatic heterocycles. The molecule has 0 saturated carbocycles. The second-order valence-electron chi connectivity index (χ2n) is 7.34. The van der Waals surface area contributed by atoms with Crippen LogP contribution in [-0.2, 0) is 24.2 Å². The monoisotopic (exact) mass is 428 g/mol. The summed E-state index contributed by atoms with van der Waals surface area (Å²) in [5, 5.41) is 0.466. The van der Waals surface area contributed by atoms with Gasteiger partial charge in [-0.1, -0.05) is 18.6 Å². The Balaban J connectivity index is 1.51. The molecule has 3 heterocycles. The summed E-state index contributed by atoms with van der Waals surface area (Å²) in [5.74, 6) is -0.540. The van der Waals surface area contributed by atoms with Crippen molar-refractivity contribution in [3.05, 3.63) is 62.3 Å². The molecule has 2 amide bonds. The number of benzene rings is 1. The van der Waals surface area contributed by atoms with Crippen molar-refractivity contribution in [3.63, 3.8) is 0 Å². The van der Waals surface area contributed by atoms with Crippen molar-refractivity contribution in [1.29, 1.82) is 0 Å². The molecule has 0 aliphatic carbocycles. The van der Waals surface area contributed by atoms with E-state index in [1.165, 1.54) is 24.3 Å². The molecule has 3 aromatic rings. The van der Waals surface area contributed by atoms with Crippen LogP contribution in [0.15, 0.2) is 29.1 Å². The van der Waals surface area contributed by atoms with Crippen LogP contribution in [0.3, 0.4) is 0 Å². The number of hydrogen-bond acceptors (Lipinski definition) is 5. The summed E-state index contributed by atoms with van der Waals surface area (Å²) in [4.78, 5) is 43.2. The molecule has 2 N–H and O–H groups in total. The van der Waals surface area contributed by atoms with Gasteiger partial charge in [0.1, 0.15) is 16.5 Å². The van der Waals surface area contributed by atoms with Gasteiger partial charge in [0.15, 0.2) is 0 Å². The maximum Gasteiger partial charge on any atom is 0.280 e. The molecule has 0 unspecified atom stereocenters. The zero-order chi connectivity index (χ0) is 21.3. The number of carbonyl (C=O) groups excluding carboxylic acids is 2. The molecule has 1 aliphatic heterocycles. The standard InChI is InChI=1S/C21H21FN4O3S/c1-12-17-20(23-15-5-3-2-4-10-26(15)21(17)29)30-18(12)19(28)25-24-16(27)11-13-6-8-14(22)9-7-13/h6-9H,2-5,10-11H2,1H3,(H,24,27)(H,25,28). The Hall–Kier alpha value is -3.07. The summed E-state index contributed by atoms with van der Waals surface area (Å²) in [6.45, 7) is 2.37. The molecule has 0 saturated heterocycles. The number of amides is 2. The minimum absolute atomic E-state index is 0.00157. The molecule has 0 spiro atoms. The molecule has 0 atom stereocenters. The fourth-order valence-corrected chi connectivity index (χ4v) is 4.73. The number of nitrogens with one attached hydrogen (secondary N) is 2. The number of nitrogens with zero attached hydrogens (tertiary/aromatic N) is 2. The van der Waals surface area contributed by atoms with E-state index < -0.39 is 11.8 Å². The summed E-state index contributed by atoms with van der Waals surface area (Å²) in [6.07, 6.45) is 3.76. The largest absolute Gasteiger partial charge is 0.296 e. The predicted molar refractivity (Wildman–Crippen MR) is 112 cm³/mol. The van der Waals surface area contributed by atoms with Crippen LogP contribution in [0.5, 0.6) is 0 Å². The number of aryl methyl sites for hydroxylation is 2. The third kappa shape index (κ3) is 3.97. The Labute approximate surface area is 175 Å².